The third-order valence-electron chi connectivity index (χ3n) is 3.58. The Morgan fingerprint density at radius 3 is 2.55 bits per heavy atom. The van der Waals surface area contributed by atoms with Gasteiger partial charge in [0.2, 0.25) is 0 Å². The molecule has 0 atom stereocenters. The van der Waals surface area contributed by atoms with Gasteiger partial charge in [0.1, 0.15) is 11.3 Å². The Balaban J connectivity index is 1.71. The number of halogens is 1. The van der Waals surface area contributed by atoms with Gasteiger partial charge in [0.05, 0.1) is 12.8 Å². The normalized spacial score (nSPS) is 15.0. The van der Waals surface area contributed by atoms with Gasteiger partial charge in [-0.1, -0.05) is 11.6 Å². The largest absolute Gasteiger partial charge is 0.490 e. The van der Waals surface area contributed by atoms with Crippen molar-refractivity contribution in [3.63, 3.8) is 0 Å². The van der Waals surface area contributed by atoms with Crippen LogP contribution in [0.25, 0.3) is 0 Å². The molecule has 0 radical (unpaired) electrons. The quantitative estimate of drug-likeness (QED) is 0.861. The summed E-state index contributed by atoms with van der Waals surface area (Å²) in [6.45, 7) is 5.97. The number of anilines is 2. The van der Waals surface area contributed by atoms with Crippen LogP contribution in [0.15, 0.2) is 30.9 Å². The van der Waals surface area contributed by atoms with Gasteiger partial charge in [0.25, 0.3) is 0 Å². The second kappa shape index (κ2) is 6.79. The van der Waals surface area contributed by atoms with Crippen molar-refractivity contribution in [1.29, 1.82) is 0 Å². The molecule has 0 spiro atoms. The fourth-order valence-corrected chi connectivity index (χ4v) is 2.78. The zero-order chi connectivity index (χ0) is 15.4. The molecular formula is C15H18ClN5O. The van der Waals surface area contributed by atoms with Crippen molar-refractivity contribution in [3.05, 3.63) is 35.9 Å². The third-order valence-corrected chi connectivity index (χ3v) is 3.84. The maximum absolute atomic E-state index is 6.16. The van der Waals surface area contributed by atoms with E-state index in [0.29, 0.717) is 11.6 Å². The molecule has 116 valence electrons. The summed E-state index contributed by atoms with van der Waals surface area (Å²) >= 11 is 6.16. The van der Waals surface area contributed by atoms with Crippen molar-refractivity contribution < 1.29 is 4.74 Å². The summed E-state index contributed by atoms with van der Waals surface area (Å²) in [4.78, 5) is 17.1. The predicted molar refractivity (Wildman–Crippen MR) is 86.9 cm³/mol. The van der Waals surface area contributed by atoms with E-state index < -0.39 is 0 Å². The van der Waals surface area contributed by atoms with Gasteiger partial charge in [0.15, 0.2) is 17.4 Å². The average Bonchev–Trinajstić information content (AvgIpc) is 2.56. The highest BCUT2D eigenvalue weighted by Crippen LogP contribution is 2.28. The first-order valence-corrected chi connectivity index (χ1v) is 7.70. The lowest BCUT2D eigenvalue weighted by Crippen LogP contribution is -2.47. The van der Waals surface area contributed by atoms with Crippen molar-refractivity contribution in [2.45, 2.75) is 6.92 Å². The Morgan fingerprint density at radius 2 is 1.86 bits per heavy atom. The van der Waals surface area contributed by atoms with Gasteiger partial charge in [-0.2, -0.15) is 0 Å². The highest BCUT2D eigenvalue weighted by atomic mass is 35.5. The van der Waals surface area contributed by atoms with E-state index in [0.717, 1.165) is 43.6 Å². The van der Waals surface area contributed by atoms with E-state index in [1.54, 1.807) is 12.4 Å². The minimum Gasteiger partial charge on any atom is -0.490 e. The number of hydrogen-bond donors (Lipinski definition) is 0. The van der Waals surface area contributed by atoms with Crippen molar-refractivity contribution in [1.82, 2.24) is 15.0 Å². The van der Waals surface area contributed by atoms with Crippen LogP contribution in [0.5, 0.6) is 5.75 Å². The van der Waals surface area contributed by atoms with E-state index in [4.69, 9.17) is 16.3 Å². The second-order valence-corrected chi connectivity index (χ2v) is 5.33. The van der Waals surface area contributed by atoms with E-state index >= 15 is 0 Å². The lowest BCUT2D eigenvalue weighted by Gasteiger charge is -2.36. The topological polar surface area (TPSA) is 54.4 Å². The summed E-state index contributed by atoms with van der Waals surface area (Å²) < 4.78 is 5.66. The van der Waals surface area contributed by atoms with Crippen molar-refractivity contribution in [3.8, 4) is 5.75 Å². The minimum atomic E-state index is 0.587. The van der Waals surface area contributed by atoms with E-state index in [9.17, 15) is 0 Å². The molecule has 3 rings (SSSR count). The SMILES string of the molecule is CCOc1cccnc1N1CCN(c2ncncc2Cl)CC1. The molecule has 0 N–H and O–H groups in total. The number of piperazine rings is 1. The van der Waals surface area contributed by atoms with Crippen LogP contribution < -0.4 is 14.5 Å². The van der Waals surface area contributed by atoms with E-state index in [1.165, 1.54) is 6.33 Å². The molecule has 0 amide bonds. The molecule has 1 aliphatic rings. The fraction of sp³-hybridized carbons (Fsp3) is 0.400. The number of rotatable bonds is 4. The third kappa shape index (κ3) is 3.06. The molecule has 2 aromatic rings. The zero-order valence-electron chi connectivity index (χ0n) is 12.4. The molecule has 7 heteroatoms. The lowest BCUT2D eigenvalue weighted by atomic mass is 10.3. The van der Waals surface area contributed by atoms with Crippen molar-refractivity contribution in [2.24, 2.45) is 0 Å². The smallest absolute Gasteiger partial charge is 0.171 e. The maximum Gasteiger partial charge on any atom is 0.171 e. The van der Waals surface area contributed by atoms with Crippen LogP contribution >= 0.6 is 11.6 Å². The molecule has 2 aromatic heterocycles. The van der Waals surface area contributed by atoms with Crippen LogP contribution in [0.1, 0.15) is 6.92 Å². The highest BCUT2D eigenvalue weighted by molar-refractivity contribution is 6.32. The van der Waals surface area contributed by atoms with E-state index in [-0.39, 0.29) is 0 Å². The Bertz CT molecular complexity index is 631. The molecule has 1 aliphatic heterocycles. The molecule has 1 fully saturated rings. The maximum atomic E-state index is 6.16. The summed E-state index contributed by atoms with van der Waals surface area (Å²) in [6.07, 6.45) is 4.95. The second-order valence-electron chi connectivity index (χ2n) is 4.93. The molecule has 6 nitrogen and oxygen atoms in total. The average molecular weight is 320 g/mol. The Kier molecular flexibility index (Phi) is 4.58. The van der Waals surface area contributed by atoms with Gasteiger partial charge in [-0.3, -0.25) is 0 Å². The Labute approximate surface area is 134 Å². The molecular weight excluding hydrogens is 302 g/mol. The highest BCUT2D eigenvalue weighted by Gasteiger charge is 2.22. The molecule has 1 saturated heterocycles. The summed E-state index contributed by atoms with van der Waals surface area (Å²) in [5.74, 6) is 2.53. The van der Waals surface area contributed by atoms with E-state index in [1.807, 2.05) is 19.1 Å². The molecule has 0 aromatic carbocycles. The van der Waals surface area contributed by atoms with Crippen molar-refractivity contribution in [2.75, 3.05) is 42.6 Å². The Morgan fingerprint density at radius 1 is 1.14 bits per heavy atom. The van der Waals surface area contributed by atoms with Gasteiger partial charge in [-0.25, -0.2) is 15.0 Å². The number of aromatic nitrogens is 3. The molecule has 0 saturated carbocycles. The monoisotopic (exact) mass is 319 g/mol. The standard InChI is InChI=1S/C15H18ClN5O/c1-2-22-13-4-3-5-18-15(13)21-8-6-20(7-9-21)14-12(16)10-17-11-19-14/h3-5,10-11H,2,6-9H2,1H3. The first-order chi connectivity index (χ1) is 10.8. The van der Waals surface area contributed by atoms with Crippen LogP contribution in [0.4, 0.5) is 11.6 Å². The van der Waals surface area contributed by atoms with Gasteiger partial charge >= 0.3 is 0 Å². The van der Waals surface area contributed by atoms with Crippen molar-refractivity contribution >= 4 is 23.2 Å². The van der Waals surface area contributed by atoms with E-state index in [2.05, 4.69) is 24.8 Å². The molecule has 0 bridgehead atoms. The predicted octanol–water partition coefficient (Wildman–Crippen LogP) is 2.25. The number of nitrogens with zero attached hydrogens (tertiary/aromatic N) is 5. The lowest BCUT2D eigenvalue weighted by molar-refractivity contribution is 0.338. The number of hydrogen-bond acceptors (Lipinski definition) is 6. The van der Waals surface area contributed by atoms with Gasteiger partial charge < -0.3 is 14.5 Å². The molecule has 3 heterocycles. The van der Waals surface area contributed by atoms with Crippen LogP contribution in [0.3, 0.4) is 0 Å². The summed E-state index contributed by atoms with van der Waals surface area (Å²) in [5.41, 5.74) is 0. The van der Waals surface area contributed by atoms with Crippen LogP contribution in [0, 0.1) is 0 Å². The van der Waals surface area contributed by atoms with Gasteiger partial charge in [0, 0.05) is 32.4 Å². The first-order valence-electron chi connectivity index (χ1n) is 7.33. The molecule has 0 unspecified atom stereocenters. The van der Waals surface area contributed by atoms with Gasteiger partial charge in [-0.05, 0) is 19.1 Å². The fourth-order valence-electron chi connectivity index (χ4n) is 2.56. The molecule has 22 heavy (non-hydrogen) atoms. The molecule has 0 aliphatic carbocycles. The van der Waals surface area contributed by atoms with Crippen LogP contribution in [-0.4, -0.2) is 47.7 Å². The Hall–Kier alpha value is -2.08. The van der Waals surface area contributed by atoms with Crippen LogP contribution in [0.2, 0.25) is 5.02 Å². The summed E-state index contributed by atoms with van der Waals surface area (Å²) in [6, 6.07) is 3.85. The summed E-state index contributed by atoms with van der Waals surface area (Å²) in [5, 5.41) is 0.587. The number of ether oxygens (including phenoxy) is 1. The van der Waals surface area contributed by atoms with Gasteiger partial charge in [-0.15, -0.1) is 0 Å². The number of pyridine rings is 1. The van der Waals surface area contributed by atoms with Crippen LogP contribution in [-0.2, 0) is 0 Å². The summed E-state index contributed by atoms with van der Waals surface area (Å²) in [7, 11) is 0. The first kappa shape index (κ1) is 14.8. The zero-order valence-corrected chi connectivity index (χ0v) is 13.2. The minimum absolute atomic E-state index is 0.587.